The van der Waals surface area contributed by atoms with Crippen molar-refractivity contribution in [3.63, 3.8) is 0 Å². The van der Waals surface area contributed by atoms with Crippen LogP contribution in [0.4, 0.5) is 0 Å². The van der Waals surface area contributed by atoms with E-state index in [1.54, 1.807) is 0 Å². The summed E-state index contributed by atoms with van der Waals surface area (Å²) in [6.07, 6.45) is 6.70. The monoisotopic (exact) mass is 339 g/mol. The van der Waals surface area contributed by atoms with Gasteiger partial charge < -0.3 is 5.32 Å². The van der Waals surface area contributed by atoms with Gasteiger partial charge in [-0.2, -0.15) is 5.26 Å². The summed E-state index contributed by atoms with van der Waals surface area (Å²) in [6.45, 7) is 2.23. The summed E-state index contributed by atoms with van der Waals surface area (Å²) in [5.41, 5.74) is 0.749. The average molecular weight is 339 g/mol. The Morgan fingerprint density at radius 3 is 2.40 bits per heavy atom. The third kappa shape index (κ3) is 4.41. The number of nitrogens with one attached hydrogen (secondary N) is 1. The molecule has 1 aromatic rings. The molecular formula is C21H29N3O. The molecule has 0 aromatic heterocycles. The summed E-state index contributed by atoms with van der Waals surface area (Å²) >= 11 is 0. The van der Waals surface area contributed by atoms with Crippen LogP contribution in [0.5, 0.6) is 0 Å². The number of carbonyl (C=O) groups excluding carboxylic acids is 1. The Morgan fingerprint density at radius 2 is 1.84 bits per heavy atom. The van der Waals surface area contributed by atoms with Crippen LogP contribution in [0.1, 0.15) is 56.9 Å². The van der Waals surface area contributed by atoms with E-state index >= 15 is 0 Å². The van der Waals surface area contributed by atoms with Gasteiger partial charge in [0.1, 0.15) is 5.54 Å². The lowest BCUT2D eigenvalue weighted by atomic mass is 9.81. The largest absolute Gasteiger partial charge is 0.337 e. The number of nitrogens with zero attached hydrogens (tertiary/aromatic N) is 2. The van der Waals surface area contributed by atoms with Gasteiger partial charge in [0.2, 0.25) is 5.91 Å². The first kappa shape index (κ1) is 17.9. The highest BCUT2D eigenvalue weighted by Gasteiger charge is 2.43. The third-order valence-corrected chi connectivity index (χ3v) is 6.01. The van der Waals surface area contributed by atoms with Crippen molar-refractivity contribution in [3.05, 3.63) is 35.9 Å². The van der Waals surface area contributed by atoms with Gasteiger partial charge in [-0.05, 0) is 69.9 Å². The fraction of sp³-hybridized carbons (Fsp3) is 0.619. The van der Waals surface area contributed by atoms with Crippen LogP contribution in [-0.2, 0) is 4.79 Å². The molecule has 0 bridgehead atoms. The number of rotatable bonds is 6. The molecule has 1 amide bonds. The predicted octanol–water partition coefficient (Wildman–Crippen LogP) is 3.45. The molecule has 25 heavy (non-hydrogen) atoms. The van der Waals surface area contributed by atoms with Crippen molar-refractivity contribution in [2.75, 3.05) is 13.6 Å². The predicted molar refractivity (Wildman–Crippen MR) is 99.0 cm³/mol. The fourth-order valence-corrected chi connectivity index (χ4v) is 4.14. The topological polar surface area (TPSA) is 56.1 Å². The van der Waals surface area contributed by atoms with Crippen LogP contribution in [0.2, 0.25) is 0 Å². The molecule has 2 saturated carbocycles. The minimum atomic E-state index is -0.692. The maximum Gasteiger partial charge on any atom is 0.235 e. The molecule has 134 valence electrons. The van der Waals surface area contributed by atoms with Crippen molar-refractivity contribution in [3.8, 4) is 6.07 Å². The van der Waals surface area contributed by atoms with Crippen LogP contribution in [0.3, 0.4) is 0 Å². The van der Waals surface area contributed by atoms with Gasteiger partial charge in [-0.3, -0.25) is 9.69 Å². The lowest BCUT2D eigenvalue weighted by molar-refractivity contribution is -0.124. The molecule has 1 aromatic carbocycles. The molecule has 4 heteroatoms. The van der Waals surface area contributed by atoms with E-state index in [1.807, 2.05) is 14.0 Å². The second kappa shape index (κ2) is 7.58. The van der Waals surface area contributed by atoms with E-state index in [4.69, 9.17) is 0 Å². The Hall–Kier alpha value is -1.86. The standard InChI is InChI=1S/C21H29N3O/c1-21(15-22,18-10-11-18)23-20(25)14-24(2)19-12-8-17(9-13-19)16-6-4-3-5-7-16/h3-7,17-19H,8-14H2,1-2H3,(H,23,25)/t17?,19?,21-/m0/s1. The molecule has 1 atom stereocenters. The molecule has 4 nitrogen and oxygen atoms in total. The van der Waals surface area contributed by atoms with E-state index in [-0.39, 0.29) is 5.91 Å². The Labute approximate surface area is 151 Å². The zero-order valence-electron chi connectivity index (χ0n) is 15.4. The number of carbonyl (C=O) groups is 1. The second-order valence-corrected chi connectivity index (χ2v) is 7.97. The minimum absolute atomic E-state index is 0.0244. The molecule has 0 aliphatic heterocycles. The quantitative estimate of drug-likeness (QED) is 0.863. The summed E-state index contributed by atoms with van der Waals surface area (Å²) in [5, 5.41) is 12.4. The van der Waals surface area contributed by atoms with E-state index in [2.05, 4.69) is 46.6 Å². The van der Waals surface area contributed by atoms with Crippen LogP contribution in [0.15, 0.2) is 30.3 Å². The number of hydrogen-bond donors (Lipinski definition) is 1. The molecule has 0 radical (unpaired) electrons. The van der Waals surface area contributed by atoms with Gasteiger partial charge in [-0.1, -0.05) is 30.3 Å². The molecule has 2 fully saturated rings. The summed E-state index contributed by atoms with van der Waals surface area (Å²) in [4.78, 5) is 14.6. The third-order valence-electron chi connectivity index (χ3n) is 6.01. The molecular weight excluding hydrogens is 310 g/mol. The van der Waals surface area contributed by atoms with Gasteiger partial charge in [-0.15, -0.1) is 0 Å². The van der Waals surface area contributed by atoms with E-state index in [0.29, 0.717) is 24.4 Å². The lowest BCUT2D eigenvalue weighted by Gasteiger charge is -2.35. The average Bonchev–Trinajstić information content (AvgIpc) is 3.48. The zero-order chi connectivity index (χ0) is 17.9. The van der Waals surface area contributed by atoms with Crippen LogP contribution in [0, 0.1) is 17.2 Å². The highest BCUT2D eigenvalue weighted by molar-refractivity contribution is 5.79. The molecule has 2 aliphatic rings. The van der Waals surface area contributed by atoms with Crippen molar-refractivity contribution in [1.82, 2.24) is 10.2 Å². The van der Waals surface area contributed by atoms with E-state index in [0.717, 1.165) is 25.7 Å². The van der Waals surface area contributed by atoms with Gasteiger partial charge in [0.15, 0.2) is 0 Å². The Balaban J connectivity index is 1.47. The summed E-state index contributed by atoms with van der Waals surface area (Å²) < 4.78 is 0. The first-order chi connectivity index (χ1) is 12.0. The van der Waals surface area contributed by atoms with E-state index < -0.39 is 5.54 Å². The molecule has 0 spiro atoms. The van der Waals surface area contributed by atoms with Crippen LogP contribution < -0.4 is 5.32 Å². The summed E-state index contributed by atoms with van der Waals surface area (Å²) in [7, 11) is 2.04. The zero-order valence-corrected chi connectivity index (χ0v) is 15.4. The van der Waals surface area contributed by atoms with Crippen LogP contribution in [-0.4, -0.2) is 36.0 Å². The normalized spacial score (nSPS) is 25.8. The van der Waals surface area contributed by atoms with Crippen LogP contribution >= 0.6 is 0 Å². The molecule has 0 unspecified atom stereocenters. The summed E-state index contributed by atoms with van der Waals surface area (Å²) in [6, 6.07) is 13.5. The van der Waals surface area contributed by atoms with Gasteiger partial charge in [0.25, 0.3) is 0 Å². The maximum absolute atomic E-state index is 12.4. The van der Waals surface area contributed by atoms with Crippen molar-refractivity contribution in [2.24, 2.45) is 5.92 Å². The minimum Gasteiger partial charge on any atom is -0.337 e. The van der Waals surface area contributed by atoms with Gasteiger partial charge in [-0.25, -0.2) is 0 Å². The Bertz CT molecular complexity index is 626. The number of nitriles is 1. The summed E-state index contributed by atoms with van der Waals surface area (Å²) in [5.74, 6) is 0.952. The molecule has 0 heterocycles. The number of hydrogen-bond acceptors (Lipinski definition) is 3. The highest BCUT2D eigenvalue weighted by Crippen LogP contribution is 2.39. The van der Waals surface area contributed by atoms with E-state index in [9.17, 15) is 10.1 Å². The first-order valence-corrected chi connectivity index (χ1v) is 9.49. The van der Waals surface area contributed by atoms with Crippen molar-refractivity contribution in [2.45, 2.75) is 62.9 Å². The van der Waals surface area contributed by atoms with Gasteiger partial charge >= 0.3 is 0 Å². The molecule has 2 aliphatic carbocycles. The SMILES string of the molecule is CN(CC(=O)N[C@@](C)(C#N)C1CC1)C1CCC(c2ccccc2)CC1. The first-order valence-electron chi connectivity index (χ1n) is 9.49. The molecule has 3 rings (SSSR count). The maximum atomic E-state index is 12.4. The molecule has 1 N–H and O–H groups in total. The smallest absolute Gasteiger partial charge is 0.235 e. The lowest BCUT2D eigenvalue weighted by Crippen LogP contribution is -2.51. The van der Waals surface area contributed by atoms with Gasteiger partial charge in [0, 0.05) is 6.04 Å². The Kier molecular flexibility index (Phi) is 5.44. The van der Waals surface area contributed by atoms with Gasteiger partial charge in [0.05, 0.1) is 12.6 Å². The number of benzene rings is 1. The highest BCUT2D eigenvalue weighted by atomic mass is 16.2. The van der Waals surface area contributed by atoms with Crippen molar-refractivity contribution in [1.29, 1.82) is 5.26 Å². The van der Waals surface area contributed by atoms with Crippen LogP contribution in [0.25, 0.3) is 0 Å². The van der Waals surface area contributed by atoms with Crippen molar-refractivity contribution >= 4 is 5.91 Å². The van der Waals surface area contributed by atoms with E-state index in [1.165, 1.54) is 18.4 Å². The number of likely N-dealkylation sites (N-methyl/N-ethyl adjacent to an activating group) is 1. The fourth-order valence-electron chi connectivity index (χ4n) is 4.14. The molecule has 0 saturated heterocycles. The van der Waals surface area contributed by atoms with Crippen molar-refractivity contribution < 1.29 is 4.79 Å². The number of amides is 1. The second-order valence-electron chi connectivity index (χ2n) is 7.97. The Morgan fingerprint density at radius 1 is 1.20 bits per heavy atom.